The number of benzene rings is 2. The highest BCUT2D eigenvalue weighted by Gasteiger charge is 2.17. The van der Waals surface area contributed by atoms with Crippen LogP contribution in [0.2, 0.25) is 0 Å². The van der Waals surface area contributed by atoms with Crippen LogP contribution in [0.1, 0.15) is 40.7 Å². The number of rotatable bonds is 6. The number of hydrogen-bond acceptors (Lipinski definition) is 3. The lowest BCUT2D eigenvalue weighted by Gasteiger charge is -2.23. The largest absolute Gasteiger partial charge is 0.507 e. The standard InChI is InChI=1S/C22H25NO3/c1-26-22-8-4-3-7-17(22)9-11-20(24)18-10-12-21(25)19(15-18)16-23-13-5-2-6-14-23/h3-4,7-12,15,25H,2,5-6,13-14,16H2,1H3/p+1/b11-9+. The molecule has 0 amide bonds. The van der Waals surface area contributed by atoms with Crippen LogP contribution in [-0.2, 0) is 6.54 Å². The Labute approximate surface area is 154 Å². The molecule has 1 saturated heterocycles. The SMILES string of the molecule is COc1ccccc1/C=C/C(=O)c1ccc(O)c(C[NH+]2CCCCC2)c1. The lowest BCUT2D eigenvalue weighted by molar-refractivity contribution is -0.918. The molecule has 0 aliphatic carbocycles. The van der Waals surface area contributed by atoms with Gasteiger partial charge in [-0.3, -0.25) is 4.79 Å². The number of piperidine rings is 1. The number of phenols is 1. The number of hydrogen-bond donors (Lipinski definition) is 2. The Kier molecular flexibility index (Phi) is 6.08. The van der Waals surface area contributed by atoms with Crippen LogP contribution in [0.3, 0.4) is 0 Å². The van der Waals surface area contributed by atoms with Gasteiger partial charge in [0.25, 0.3) is 0 Å². The highest BCUT2D eigenvalue weighted by Crippen LogP contribution is 2.21. The van der Waals surface area contributed by atoms with Gasteiger partial charge in [0.05, 0.1) is 20.2 Å². The van der Waals surface area contributed by atoms with Gasteiger partial charge in [0.1, 0.15) is 18.0 Å². The summed E-state index contributed by atoms with van der Waals surface area (Å²) in [4.78, 5) is 14.0. The number of carbonyl (C=O) groups is 1. The lowest BCUT2D eigenvalue weighted by Crippen LogP contribution is -3.11. The second kappa shape index (κ2) is 8.68. The molecule has 0 radical (unpaired) electrons. The molecule has 0 aromatic heterocycles. The first-order chi connectivity index (χ1) is 12.7. The van der Waals surface area contributed by atoms with E-state index in [2.05, 4.69) is 0 Å². The van der Waals surface area contributed by atoms with E-state index < -0.39 is 0 Å². The zero-order valence-corrected chi connectivity index (χ0v) is 15.2. The summed E-state index contributed by atoms with van der Waals surface area (Å²) in [5.41, 5.74) is 2.30. The lowest BCUT2D eigenvalue weighted by atomic mass is 10.0. The van der Waals surface area contributed by atoms with Crippen LogP contribution in [0.5, 0.6) is 11.5 Å². The molecule has 1 aliphatic heterocycles. The van der Waals surface area contributed by atoms with Gasteiger partial charge in [-0.1, -0.05) is 18.2 Å². The molecule has 1 aliphatic rings. The van der Waals surface area contributed by atoms with Gasteiger partial charge in [-0.15, -0.1) is 0 Å². The highest BCUT2D eigenvalue weighted by atomic mass is 16.5. The van der Waals surface area contributed by atoms with Crippen molar-refractivity contribution in [2.45, 2.75) is 25.8 Å². The Bertz CT molecular complexity index is 792. The topological polar surface area (TPSA) is 51.0 Å². The van der Waals surface area contributed by atoms with Crippen molar-refractivity contribution in [1.29, 1.82) is 0 Å². The molecule has 0 saturated carbocycles. The third-order valence-electron chi connectivity index (χ3n) is 4.92. The number of allylic oxidation sites excluding steroid dienone is 1. The molecule has 0 atom stereocenters. The summed E-state index contributed by atoms with van der Waals surface area (Å²) in [7, 11) is 1.61. The highest BCUT2D eigenvalue weighted by molar-refractivity contribution is 6.07. The van der Waals surface area contributed by atoms with Crippen LogP contribution in [0.4, 0.5) is 0 Å². The monoisotopic (exact) mass is 352 g/mol. The van der Waals surface area contributed by atoms with Gasteiger partial charge < -0.3 is 14.7 Å². The van der Waals surface area contributed by atoms with Gasteiger partial charge >= 0.3 is 0 Å². The molecule has 2 aromatic carbocycles. The molecule has 1 heterocycles. The average Bonchev–Trinajstić information content (AvgIpc) is 2.68. The smallest absolute Gasteiger partial charge is 0.185 e. The van der Waals surface area contributed by atoms with E-state index in [4.69, 9.17) is 4.74 Å². The molecule has 0 spiro atoms. The van der Waals surface area contributed by atoms with Crippen molar-refractivity contribution in [3.63, 3.8) is 0 Å². The molecule has 136 valence electrons. The maximum Gasteiger partial charge on any atom is 0.185 e. The number of ketones is 1. The fourth-order valence-electron chi connectivity index (χ4n) is 3.44. The fraction of sp³-hybridized carbons (Fsp3) is 0.318. The average molecular weight is 352 g/mol. The summed E-state index contributed by atoms with van der Waals surface area (Å²) in [6.45, 7) is 3.03. The second-order valence-electron chi connectivity index (χ2n) is 6.77. The van der Waals surface area contributed by atoms with Gasteiger partial charge in [-0.05, 0) is 55.7 Å². The van der Waals surface area contributed by atoms with Gasteiger partial charge in [0, 0.05) is 16.7 Å². The molecule has 4 heteroatoms. The maximum atomic E-state index is 12.6. The van der Waals surface area contributed by atoms with Crippen molar-refractivity contribution in [1.82, 2.24) is 0 Å². The number of carbonyl (C=O) groups excluding carboxylic acids is 1. The molecule has 3 rings (SSSR count). The number of ether oxygens (including phenoxy) is 1. The number of phenolic OH excluding ortho intramolecular Hbond substituents is 1. The van der Waals surface area contributed by atoms with Crippen LogP contribution in [0.15, 0.2) is 48.5 Å². The molecule has 1 fully saturated rings. The number of para-hydroxylation sites is 1. The van der Waals surface area contributed by atoms with E-state index in [0.717, 1.165) is 36.5 Å². The van der Waals surface area contributed by atoms with E-state index in [0.29, 0.717) is 5.56 Å². The molecule has 0 bridgehead atoms. The molecular formula is C22H26NO3+. The minimum Gasteiger partial charge on any atom is -0.507 e. The summed E-state index contributed by atoms with van der Waals surface area (Å²) in [5, 5.41) is 10.2. The number of likely N-dealkylation sites (tertiary alicyclic amines) is 1. The van der Waals surface area contributed by atoms with Crippen molar-refractivity contribution < 1.29 is 19.5 Å². The predicted molar refractivity (Wildman–Crippen MR) is 103 cm³/mol. The van der Waals surface area contributed by atoms with Crippen LogP contribution in [-0.4, -0.2) is 31.1 Å². The van der Waals surface area contributed by atoms with Crippen molar-refractivity contribution >= 4 is 11.9 Å². The first-order valence-electron chi connectivity index (χ1n) is 9.18. The van der Waals surface area contributed by atoms with E-state index in [1.54, 1.807) is 31.4 Å². The van der Waals surface area contributed by atoms with Gasteiger partial charge in [-0.25, -0.2) is 0 Å². The summed E-state index contributed by atoms with van der Waals surface area (Å²) in [6.07, 6.45) is 7.08. The van der Waals surface area contributed by atoms with Crippen molar-refractivity contribution in [3.8, 4) is 11.5 Å². The fourth-order valence-corrected chi connectivity index (χ4v) is 3.44. The second-order valence-corrected chi connectivity index (χ2v) is 6.77. The van der Waals surface area contributed by atoms with Crippen molar-refractivity contribution in [3.05, 3.63) is 65.2 Å². The zero-order chi connectivity index (χ0) is 18.4. The minimum absolute atomic E-state index is 0.0780. The maximum absolute atomic E-state index is 12.6. The number of nitrogens with one attached hydrogen (secondary N) is 1. The van der Waals surface area contributed by atoms with Crippen LogP contribution < -0.4 is 9.64 Å². The third-order valence-corrected chi connectivity index (χ3v) is 4.92. The molecule has 4 nitrogen and oxygen atoms in total. The van der Waals surface area contributed by atoms with Gasteiger partial charge in [0.2, 0.25) is 0 Å². The van der Waals surface area contributed by atoms with E-state index in [1.807, 2.05) is 30.3 Å². The van der Waals surface area contributed by atoms with Crippen LogP contribution in [0, 0.1) is 0 Å². The van der Waals surface area contributed by atoms with Gasteiger partial charge in [-0.2, -0.15) is 0 Å². The molecular weight excluding hydrogens is 326 g/mol. The minimum atomic E-state index is -0.0780. The number of aromatic hydroxyl groups is 1. The summed E-state index contributed by atoms with van der Waals surface area (Å²) < 4.78 is 5.30. The Morgan fingerprint density at radius 1 is 1.15 bits per heavy atom. The predicted octanol–water partition coefficient (Wildman–Crippen LogP) is 2.87. The first-order valence-corrected chi connectivity index (χ1v) is 9.18. The molecule has 0 unspecified atom stereocenters. The van der Waals surface area contributed by atoms with E-state index in [9.17, 15) is 9.90 Å². The Balaban J connectivity index is 1.74. The van der Waals surface area contributed by atoms with E-state index >= 15 is 0 Å². The van der Waals surface area contributed by atoms with Crippen LogP contribution >= 0.6 is 0 Å². The van der Waals surface area contributed by atoms with Crippen molar-refractivity contribution in [2.75, 3.05) is 20.2 Å². The van der Waals surface area contributed by atoms with Gasteiger partial charge in [0.15, 0.2) is 5.78 Å². The Morgan fingerprint density at radius 2 is 1.92 bits per heavy atom. The van der Waals surface area contributed by atoms with E-state index in [-0.39, 0.29) is 11.5 Å². The first kappa shape index (κ1) is 18.2. The molecule has 26 heavy (non-hydrogen) atoms. The van der Waals surface area contributed by atoms with Crippen LogP contribution in [0.25, 0.3) is 6.08 Å². The van der Waals surface area contributed by atoms with Crippen molar-refractivity contribution in [2.24, 2.45) is 0 Å². The summed E-state index contributed by atoms with van der Waals surface area (Å²) in [6, 6.07) is 12.7. The number of methoxy groups -OCH3 is 1. The molecule has 2 aromatic rings. The normalized spacial score (nSPS) is 15.3. The molecule has 2 N–H and O–H groups in total. The third kappa shape index (κ3) is 4.52. The summed E-state index contributed by atoms with van der Waals surface area (Å²) in [5.74, 6) is 0.927. The Hall–Kier alpha value is -2.59. The summed E-state index contributed by atoms with van der Waals surface area (Å²) >= 11 is 0. The quantitative estimate of drug-likeness (QED) is 0.621. The zero-order valence-electron chi connectivity index (χ0n) is 15.2. The van der Waals surface area contributed by atoms with E-state index in [1.165, 1.54) is 24.2 Å². The number of quaternary nitrogens is 1. The Morgan fingerprint density at radius 3 is 2.69 bits per heavy atom.